The number of rotatable bonds is 6. The lowest BCUT2D eigenvalue weighted by Crippen LogP contribution is -2.33. The van der Waals surface area contributed by atoms with E-state index in [4.69, 9.17) is 14.2 Å². The molecule has 0 bridgehead atoms. The van der Waals surface area contributed by atoms with Crippen LogP contribution in [0.1, 0.15) is 51.3 Å². The van der Waals surface area contributed by atoms with Crippen LogP contribution in [0.2, 0.25) is 0 Å². The Balaban J connectivity index is 0.00000204. The van der Waals surface area contributed by atoms with Gasteiger partial charge in [0.05, 0.1) is 7.11 Å². The van der Waals surface area contributed by atoms with Crippen molar-refractivity contribution in [3.05, 3.63) is 53.1 Å². The van der Waals surface area contributed by atoms with Gasteiger partial charge in [-0.1, -0.05) is 26.0 Å². The van der Waals surface area contributed by atoms with Gasteiger partial charge in [-0.25, -0.2) is 4.79 Å². The van der Waals surface area contributed by atoms with Gasteiger partial charge >= 0.3 is 6.09 Å². The van der Waals surface area contributed by atoms with Crippen LogP contribution in [0.25, 0.3) is 0 Å². The lowest BCUT2D eigenvalue weighted by atomic mass is 10.0. The second-order valence-electron chi connectivity index (χ2n) is 7.51. The zero-order chi connectivity index (χ0) is 22.0. The number of ether oxygens (including phenoxy) is 3. The molecule has 0 saturated carbocycles. The number of hydrogen-bond acceptors (Lipinski definition) is 4. The van der Waals surface area contributed by atoms with Crippen LogP contribution >= 0.6 is 0 Å². The fourth-order valence-electron chi connectivity index (χ4n) is 2.73. The Kier molecular flexibility index (Phi) is 9.53. The highest BCUT2D eigenvalue weighted by Crippen LogP contribution is 2.30. The Bertz CT molecular complexity index is 753. The van der Waals surface area contributed by atoms with Gasteiger partial charge < -0.3 is 19.5 Å². The minimum absolute atomic E-state index is 0.393. The van der Waals surface area contributed by atoms with Gasteiger partial charge in [0, 0.05) is 6.54 Å². The quantitative estimate of drug-likeness (QED) is 0.626. The second-order valence-corrected chi connectivity index (χ2v) is 7.51. The van der Waals surface area contributed by atoms with Crippen LogP contribution in [-0.2, 0) is 11.2 Å². The van der Waals surface area contributed by atoms with E-state index < -0.39 is 11.7 Å². The minimum Gasteiger partial charge on any atom is -0.497 e. The van der Waals surface area contributed by atoms with Crippen molar-refractivity contribution >= 4 is 6.09 Å². The Morgan fingerprint density at radius 2 is 1.48 bits per heavy atom. The molecule has 0 atom stereocenters. The molecule has 5 nitrogen and oxygen atoms in total. The van der Waals surface area contributed by atoms with E-state index in [9.17, 15) is 4.79 Å². The van der Waals surface area contributed by atoms with Crippen molar-refractivity contribution in [2.75, 3.05) is 13.7 Å². The number of benzene rings is 2. The van der Waals surface area contributed by atoms with Crippen molar-refractivity contribution in [3.63, 3.8) is 0 Å². The highest BCUT2D eigenvalue weighted by molar-refractivity contribution is 5.67. The van der Waals surface area contributed by atoms with E-state index in [0.29, 0.717) is 6.54 Å². The lowest BCUT2D eigenvalue weighted by molar-refractivity contribution is 0.0528. The van der Waals surface area contributed by atoms with E-state index in [1.165, 1.54) is 0 Å². The normalized spacial score (nSPS) is 10.5. The molecular formula is C24H35NO4. The van der Waals surface area contributed by atoms with E-state index in [2.05, 4.69) is 17.4 Å². The van der Waals surface area contributed by atoms with Gasteiger partial charge in [0.15, 0.2) is 0 Å². The molecule has 0 radical (unpaired) electrons. The van der Waals surface area contributed by atoms with Crippen molar-refractivity contribution in [1.29, 1.82) is 0 Å². The summed E-state index contributed by atoms with van der Waals surface area (Å²) in [7, 11) is 1.64. The SMILES string of the molecule is CC.COc1ccc(Oc2c(C)cc(CCNC(=O)OC(C)(C)C)cc2C)cc1. The molecule has 5 heteroatoms. The predicted molar refractivity (Wildman–Crippen MR) is 118 cm³/mol. The molecular weight excluding hydrogens is 366 g/mol. The highest BCUT2D eigenvalue weighted by atomic mass is 16.6. The van der Waals surface area contributed by atoms with E-state index in [0.717, 1.165) is 40.4 Å². The standard InChI is InChI=1S/C22H29NO4.C2H6/c1-15-13-17(11-12-23-21(24)27-22(3,4)5)14-16(2)20(15)26-19-9-7-18(25-6)8-10-19;1-2/h7-10,13-14H,11-12H2,1-6H3,(H,23,24);1-2H3. The molecule has 0 unspecified atom stereocenters. The number of nitrogens with one attached hydrogen (secondary N) is 1. The molecule has 160 valence electrons. The number of amides is 1. The molecule has 2 rings (SSSR count). The van der Waals surface area contributed by atoms with Gasteiger partial charge in [-0.05, 0) is 82.0 Å². The average Bonchev–Trinajstić information content (AvgIpc) is 2.65. The Morgan fingerprint density at radius 3 is 1.97 bits per heavy atom. The smallest absolute Gasteiger partial charge is 0.407 e. The first kappa shape index (κ1) is 24.3. The van der Waals surface area contributed by atoms with Gasteiger partial charge in [0.1, 0.15) is 22.8 Å². The molecule has 0 aliphatic carbocycles. The zero-order valence-corrected chi connectivity index (χ0v) is 19.0. The summed E-state index contributed by atoms with van der Waals surface area (Å²) in [4.78, 5) is 11.7. The van der Waals surface area contributed by atoms with E-state index >= 15 is 0 Å². The summed E-state index contributed by atoms with van der Waals surface area (Å²) in [5.41, 5.74) is 2.76. The van der Waals surface area contributed by atoms with Crippen LogP contribution in [0.3, 0.4) is 0 Å². The molecule has 1 amide bonds. The zero-order valence-electron chi connectivity index (χ0n) is 19.0. The first-order chi connectivity index (χ1) is 13.7. The molecule has 0 aliphatic heterocycles. The van der Waals surface area contributed by atoms with Crippen molar-refractivity contribution in [2.24, 2.45) is 0 Å². The first-order valence-electron chi connectivity index (χ1n) is 10.1. The molecule has 2 aromatic rings. The fraction of sp³-hybridized carbons (Fsp3) is 0.458. The summed E-state index contributed by atoms with van der Waals surface area (Å²) in [6.45, 7) is 14.1. The molecule has 0 fully saturated rings. The summed E-state index contributed by atoms with van der Waals surface area (Å²) in [5, 5.41) is 2.79. The summed E-state index contributed by atoms with van der Waals surface area (Å²) in [6.07, 6.45) is 0.333. The highest BCUT2D eigenvalue weighted by Gasteiger charge is 2.15. The van der Waals surface area contributed by atoms with E-state index in [1.54, 1.807) is 7.11 Å². The summed E-state index contributed by atoms with van der Waals surface area (Å²) >= 11 is 0. The predicted octanol–water partition coefficient (Wildman–Crippen LogP) is 6.20. The number of hydrogen-bond donors (Lipinski definition) is 1. The number of aryl methyl sites for hydroxylation is 2. The number of carbonyl (C=O) groups excluding carboxylic acids is 1. The van der Waals surface area contributed by atoms with Gasteiger partial charge in [0.25, 0.3) is 0 Å². The van der Waals surface area contributed by atoms with Crippen molar-refractivity contribution < 1.29 is 19.0 Å². The van der Waals surface area contributed by atoms with Crippen molar-refractivity contribution in [2.45, 2.75) is 60.5 Å². The maximum absolute atomic E-state index is 11.7. The van der Waals surface area contributed by atoms with Gasteiger partial charge in [-0.2, -0.15) is 0 Å². The molecule has 0 spiro atoms. The molecule has 0 saturated heterocycles. The molecule has 1 N–H and O–H groups in total. The fourth-order valence-corrected chi connectivity index (χ4v) is 2.73. The summed E-state index contributed by atoms with van der Waals surface area (Å²) < 4.78 is 16.5. The Morgan fingerprint density at radius 1 is 0.966 bits per heavy atom. The second kappa shape index (κ2) is 11.3. The Labute approximate surface area is 175 Å². The van der Waals surface area contributed by atoms with Gasteiger partial charge in [-0.15, -0.1) is 0 Å². The molecule has 0 aromatic heterocycles. The van der Waals surface area contributed by atoms with Crippen molar-refractivity contribution in [1.82, 2.24) is 5.32 Å². The first-order valence-corrected chi connectivity index (χ1v) is 10.1. The maximum atomic E-state index is 11.7. The van der Waals surface area contributed by atoms with Crippen LogP contribution < -0.4 is 14.8 Å². The number of carbonyl (C=O) groups is 1. The van der Waals surface area contributed by atoms with Crippen LogP contribution in [0.15, 0.2) is 36.4 Å². The number of methoxy groups -OCH3 is 1. The lowest BCUT2D eigenvalue weighted by Gasteiger charge is -2.19. The van der Waals surface area contributed by atoms with Crippen LogP contribution in [0, 0.1) is 13.8 Å². The van der Waals surface area contributed by atoms with Crippen LogP contribution in [0.5, 0.6) is 17.2 Å². The van der Waals surface area contributed by atoms with E-state index in [-0.39, 0.29) is 0 Å². The third-order valence-corrected chi connectivity index (χ3v) is 3.88. The van der Waals surface area contributed by atoms with Crippen molar-refractivity contribution in [3.8, 4) is 17.2 Å². The van der Waals surface area contributed by atoms with E-state index in [1.807, 2.05) is 72.7 Å². The molecule has 2 aromatic carbocycles. The van der Waals surface area contributed by atoms with Gasteiger partial charge in [-0.3, -0.25) is 0 Å². The number of alkyl carbamates (subject to hydrolysis) is 1. The third-order valence-electron chi connectivity index (χ3n) is 3.88. The molecule has 0 heterocycles. The molecule has 0 aliphatic rings. The maximum Gasteiger partial charge on any atom is 0.407 e. The topological polar surface area (TPSA) is 56.8 Å². The third kappa shape index (κ3) is 8.46. The summed E-state index contributed by atoms with van der Waals surface area (Å²) in [5.74, 6) is 2.41. The van der Waals surface area contributed by atoms with Crippen LogP contribution in [0.4, 0.5) is 4.79 Å². The average molecular weight is 402 g/mol. The summed E-state index contributed by atoms with van der Waals surface area (Å²) in [6, 6.07) is 11.7. The Hall–Kier alpha value is -2.69. The largest absolute Gasteiger partial charge is 0.497 e. The van der Waals surface area contributed by atoms with Gasteiger partial charge in [0.2, 0.25) is 0 Å². The van der Waals surface area contributed by atoms with Crippen LogP contribution in [-0.4, -0.2) is 25.3 Å². The monoisotopic (exact) mass is 401 g/mol. The molecule has 29 heavy (non-hydrogen) atoms. The minimum atomic E-state index is -0.488.